The number of aryl methyl sites for hydroxylation is 1. The number of imide groups is 1. The molecule has 26 heavy (non-hydrogen) atoms. The van der Waals surface area contributed by atoms with E-state index in [0.717, 1.165) is 16.0 Å². The molecule has 136 valence electrons. The van der Waals surface area contributed by atoms with Gasteiger partial charge in [0.2, 0.25) is 5.91 Å². The molecule has 1 saturated heterocycles. The van der Waals surface area contributed by atoms with Crippen LogP contribution in [0.25, 0.3) is 0 Å². The highest BCUT2D eigenvalue weighted by atomic mass is 35.5. The van der Waals surface area contributed by atoms with Crippen LogP contribution in [0, 0.1) is 6.92 Å². The van der Waals surface area contributed by atoms with Crippen LogP contribution in [-0.2, 0) is 16.1 Å². The van der Waals surface area contributed by atoms with Gasteiger partial charge in [-0.3, -0.25) is 14.5 Å². The molecule has 1 fully saturated rings. The molecule has 0 saturated carbocycles. The summed E-state index contributed by atoms with van der Waals surface area (Å²) in [6.07, 6.45) is 1.64. The van der Waals surface area contributed by atoms with Crippen molar-refractivity contribution in [3.8, 4) is 0 Å². The molecule has 0 bridgehead atoms. The molecule has 2 heterocycles. The number of aromatic nitrogens is 2. The zero-order valence-electron chi connectivity index (χ0n) is 14.4. The lowest BCUT2D eigenvalue weighted by atomic mass is 10.2. The van der Waals surface area contributed by atoms with Gasteiger partial charge in [0, 0.05) is 17.6 Å². The van der Waals surface area contributed by atoms with Crippen molar-refractivity contribution < 1.29 is 14.4 Å². The summed E-state index contributed by atoms with van der Waals surface area (Å²) in [4.78, 5) is 38.2. The summed E-state index contributed by atoms with van der Waals surface area (Å²) in [6, 6.07) is 6.87. The van der Waals surface area contributed by atoms with Crippen molar-refractivity contribution in [1.82, 2.24) is 19.6 Å². The Morgan fingerprint density at radius 2 is 2.12 bits per heavy atom. The largest absolute Gasteiger partial charge is 0.327 e. The molecule has 2 aromatic rings. The Bertz CT molecular complexity index is 879. The van der Waals surface area contributed by atoms with Crippen LogP contribution in [-0.4, -0.2) is 57.6 Å². The van der Waals surface area contributed by atoms with E-state index in [1.165, 1.54) is 11.9 Å². The molecule has 0 radical (unpaired) electrons. The number of anilines is 1. The van der Waals surface area contributed by atoms with E-state index in [1.54, 1.807) is 16.9 Å². The number of carbonyl (C=O) groups is 3. The van der Waals surface area contributed by atoms with Gasteiger partial charge in [-0.25, -0.2) is 9.48 Å². The Morgan fingerprint density at radius 3 is 2.77 bits per heavy atom. The second-order valence-corrected chi connectivity index (χ2v) is 6.57. The van der Waals surface area contributed by atoms with Crippen LogP contribution in [0.1, 0.15) is 11.1 Å². The summed E-state index contributed by atoms with van der Waals surface area (Å²) in [5, 5.41) is 7.63. The molecule has 0 spiro atoms. The van der Waals surface area contributed by atoms with Crippen molar-refractivity contribution in [2.45, 2.75) is 13.5 Å². The summed E-state index contributed by atoms with van der Waals surface area (Å²) in [5.41, 5.74) is 1.71. The van der Waals surface area contributed by atoms with Crippen molar-refractivity contribution >= 4 is 35.3 Å². The van der Waals surface area contributed by atoms with Gasteiger partial charge >= 0.3 is 6.03 Å². The number of amides is 4. The van der Waals surface area contributed by atoms with Crippen molar-refractivity contribution in [1.29, 1.82) is 0 Å². The molecular formula is C17H18ClN5O3. The van der Waals surface area contributed by atoms with E-state index in [4.69, 9.17) is 11.6 Å². The molecule has 0 atom stereocenters. The minimum Gasteiger partial charge on any atom is -0.318 e. The second-order valence-electron chi connectivity index (χ2n) is 6.13. The number of halogens is 1. The molecule has 9 heteroatoms. The molecular weight excluding hydrogens is 358 g/mol. The van der Waals surface area contributed by atoms with Crippen LogP contribution in [0.15, 0.2) is 30.5 Å². The van der Waals surface area contributed by atoms with E-state index in [9.17, 15) is 14.4 Å². The first-order chi connectivity index (χ1) is 12.3. The third-order valence-corrected chi connectivity index (χ3v) is 4.27. The lowest BCUT2D eigenvalue weighted by molar-refractivity contribution is -0.129. The van der Waals surface area contributed by atoms with E-state index in [1.807, 2.05) is 25.1 Å². The third-order valence-electron chi connectivity index (χ3n) is 4.03. The van der Waals surface area contributed by atoms with Crippen LogP contribution in [0.4, 0.5) is 10.6 Å². The van der Waals surface area contributed by atoms with E-state index < -0.39 is 17.8 Å². The Hall–Kier alpha value is -2.87. The predicted octanol–water partition coefficient (Wildman–Crippen LogP) is 1.73. The first-order valence-electron chi connectivity index (χ1n) is 7.97. The minimum atomic E-state index is -0.477. The summed E-state index contributed by atoms with van der Waals surface area (Å²) in [5.74, 6) is -0.336. The molecule has 1 aliphatic heterocycles. The van der Waals surface area contributed by atoms with Gasteiger partial charge in [0.05, 0.1) is 12.7 Å². The lowest BCUT2D eigenvalue weighted by Crippen LogP contribution is -2.38. The molecule has 1 aliphatic rings. The van der Waals surface area contributed by atoms with Crippen molar-refractivity contribution in [3.05, 3.63) is 46.6 Å². The molecule has 0 aliphatic carbocycles. The molecule has 1 aromatic heterocycles. The lowest BCUT2D eigenvalue weighted by Gasteiger charge is -2.15. The van der Waals surface area contributed by atoms with Crippen molar-refractivity contribution in [2.75, 3.05) is 25.5 Å². The molecule has 8 nitrogen and oxygen atoms in total. The number of nitrogens with zero attached hydrogens (tertiary/aromatic N) is 4. The summed E-state index contributed by atoms with van der Waals surface area (Å²) in [6.45, 7) is 1.90. The summed E-state index contributed by atoms with van der Waals surface area (Å²) < 4.78 is 1.64. The highest BCUT2D eigenvalue weighted by Crippen LogP contribution is 2.18. The SMILES string of the molecule is Cc1cnn(Cc2cccc(Cl)c2)c1NC(=O)CN1C(=O)CN(C)C1=O. The zero-order chi connectivity index (χ0) is 18.8. The number of hydrogen-bond donors (Lipinski definition) is 1. The maximum absolute atomic E-state index is 12.3. The van der Waals surface area contributed by atoms with Crippen LogP contribution < -0.4 is 5.32 Å². The number of rotatable bonds is 5. The highest BCUT2D eigenvalue weighted by molar-refractivity contribution is 6.30. The Labute approximate surface area is 155 Å². The predicted molar refractivity (Wildman–Crippen MR) is 95.9 cm³/mol. The standard InChI is InChI=1S/C17H18ClN5O3/c1-11-7-19-23(8-12-4-3-5-13(18)6-12)16(11)20-14(24)9-22-15(25)10-21(2)17(22)26/h3-7H,8-10H2,1-2H3,(H,20,24). The average molecular weight is 376 g/mol. The topological polar surface area (TPSA) is 87.5 Å². The number of benzene rings is 1. The number of likely N-dealkylation sites (N-methyl/N-ethyl adjacent to an activating group) is 1. The number of hydrogen-bond acceptors (Lipinski definition) is 4. The maximum atomic E-state index is 12.3. The van der Waals surface area contributed by atoms with Crippen LogP contribution in [0.5, 0.6) is 0 Å². The number of urea groups is 1. The van der Waals surface area contributed by atoms with Gasteiger partial charge in [-0.2, -0.15) is 5.10 Å². The summed E-state index contributed by atoms with van der Waals surface area (Å²) in [7, 11) is 1.52. The monoisotopic (exact) mass is 375 g/mol. The van der Waals surface area contributed by atoms with Crippen LogP contribution in [0.3, 0.4) is 0 Å². The molecule has 1 aromatic carbocycles. The quantitative estimate of drug-likeness (QED) is 0.806. The van der Waals surface area contributed by atoms with E-state index >= 15 is 0 Å². The fraction of sp³-hybridized carbons (Fsp3) is 0.294. The number of carbonyl (C=O) groups excluding carboxylic acids is 3. The van der Waals surface area contributed by atoms with Gasteiger partial charge in [0.1, 0.15) is 18.9 Å². The Balaban J connectivity index is 1.72. The van der Waals surface area contributed by atoms with Crippen molar-refractivity contribution in [3.63, 3.8) is 0 Å². The third kappa shape index (κ3) is 3.70. The minimum absolute atomic E-state index is 0.0160. The Kier molecular flexibility index (Phi) is 4.94. The molecule has 1 N–H and O–H groups in total. The van der Waals surface area contributed by atoms with Crippen LogP contribution >= 0.6 is 11.6 Å². The highest BCUT2D eigenvalue weighted by Gasteiger charge is 2.34. The van der Waals surface area contributed by atoms with Gasteiger partial charge < -0.3 is 10.2 Å². The molecule has 4 amide bonds. The van der Waals surface area contributed by atoms with E-state index in [-0.39, 0.29) is 13.1 Å². The smallest absolute Gasteiger partial charge is 0.318 e. The zero-order valence-corrected chi connectivity index (χ0v) is 15.2. The summed E-state index contributed by atoms with van der Waals surface area (Å²) >= 11 is 6.00. The fourth-order valence-corrected chi connectivity index (χ4v) is 2.92. The first-order valence-corrected chi connectivity index (χ1v) is 8.35. The molecule has 0 unspecified atom stereocenters. The normalized spacial score (nSPS) is 14.3. The van der Waals surface area contributed by atoms with Gasteiger partial charge in [-0.05, 0) is 24.6 Å². The maximum Gasteiger partial charge on any atom is 0.327 e. The Morgan fingerprint density at radius 1 is 1.35 bits per heavy atom. The van der Waals surface area contributed by atoms with Gasteiger partial charge in [-0.1, -0.05) is 23.7 Å². The van der Waals surface area contributed by atoms with Gasteiger partial charge in [0.15, 0.2) is 0 Å². The van der Waals surface area contributed by atoms with Crippen LogP contribution in [0.2, 0.25) is 5.02 Å². The van der Waals surface area contributed by atoms with Crippen molar-refractivity contribution in [2.24, 2.45) is 0 Å². The van der Waals surface area contributed by atoms with E-state index in [2.05, 4.69) is 10.4 Å². The van der Waals surface area contributed by atoms with E-state index in [0.29, 0.717) is 17.4 Å². The van der Waals surface area contributed by atoms with Gasteiger partial charge in [-0.15, -0.1) is 0 Å². The second kappa shape index (κ2) is 7.17. The fourth-order valence-electron chi connectivity index (χ4n) is 2.71. The average Bonchev–Trinajstić information content (AvgIpc) is 3.03. The molecule has 3 rings (SSSR count). The van der Waals surface area contributed by atoms with Gasteiger partial charge in [0.25, 0.3) is 5.91 Å². The number of nitrogens with one attached hydrogen (secondary N) is 1. The first kappa shape index (κ1) is 17.9.